The third-order valence-electron chi connectivity index (χ3n) is 8.04. The van der Waals surface area contributed by atoms with Gasteiger partial charge in [0.15, 0.2) is 17.5 Å². The second-order valence-electron chi connectivity index (χ2n) is 10.4. The van der Waals surface area contributed by atoms with Gasteiger partial charge in [-0.3, -0.25) is 0 Å². The molecule has 7 aromatic carbocycles. The van der Waals surface area contributed by atoms with Crippen molar-refractivity contribution < 1.29 is 4.42 Å². The summed E-state index contributed by atoms with van der Waals surface area (Å²) in [6.45, 7) is 0. The fraction of sp³-hybridized carbons (Fsp3) is 0. The summed E-state index contributed by atoms with van der Waals surface area (Å²) < 4.78 is 6.52. The Morgan fingerprint density at radius 3 is 1.68 bits per heavy atom. The monoisotopic (exact) mass is 523 g/mol. The molecule has 2 aromatic heterocycles. The van der Waals surface area contributed by atoms with Crippen molar-refractivity contribution in [3.8, 4) is 34.2 Å². The molecule has 0 spiro atoms. The Hall–Kier alpha value is -5.61. The number of rotatable bonds is 3. The van der Waals surface area contributed by atoms with E-state index in [-0.39, 0.29) is 0 Å². The molecule has 0 aliphatic heterocycles. The van der Waals surface area contributed by atoms with Crippen molar-refractivity contribution in [1.82, 2.24) is 15.0 Å². The fourth-order valence-electron chi connectivity index (χ4n) is 6.22. The van der Waals surface area contributed by atoms with Crippen LogP contribution in [0.2, 0.25) is 0 Å². The molecule has 190 valence electrons. The maximum absolute atomic E-state index is 6.52. The minimum absolute atomic E-state index is 0.615. The van der Waals surface area contributed by atoms with Gasteiger partial charge in [-0.25, -0.2) is 15.0 Å². The molecule has 0 amide bonds. The summed E-state index contributed by atoms with van der Waals surface area (Å²) in [5.74, 6) is 1.89. The SMILES string of the molecule is c1ccc(-c2nc(-c3ccccc3)nc(-c3cc4oc5cccc6c7ccc8ccccc8c7c(c3)c4c56)n2)cc1. The molecule has 9 rings (SSSR count). The first-order valence-electron chi connectivity index (χ1n) is 13.7. The average molecular weight is 524 g/mol. The van der Waals surface area contributed by atoms with Crippen molar-refractivity contribution in [2.45, 2.75) is 0 Å². The maximum Gasteiger partial charge on any atom is 0.164 e. The third kappa shape index (κ3) is 3.31. The van der Waals surface area contributed by atoms with E-state index in [0.717, 1.165) is 44.0 Å². The predicted molar refractivity (Wildman–Crippen MR) is 167 cm³/mol. The number of aromatic nitrogens is 3. The van der Waals surface area contributed by atoms with Gasteiger partial charge in [-0.2, -0.15) is 0 Å². The second-order valence-corrected chi connectivity index (χ2v) is 10.4. The Bertz CT molecular complexity index is 2350. The summed E-state index contributed by atoms with van der Waals surface area (Å²) in [5.41, 5.74) is 4.51. The molecule has 0 unspecified atom stereocenters. The zero-order chi connectivity index (χ0) is 26.9. The molecule has 0 N–H and O–H groups in total. The minimum Gasteiger partial charge on any atom is -0.456 e. The van der Waals surface area contributed by atoms with E-state index in [9.17, 15) is 0 Å². The van der Waals surface area contributed by atoms with E-state index < -0.39 is 0 Å². The summed E-state index contributed by atoms with van der Waals surface area (Å²) in [5, 5.41) is 9.52. The van der Waals surface area contributed by atoms with Crippen LogP contribution in [0.25, 0.3) is 88.4 Å². The third-order valence-corrected chi connectivity index (χ3v) is 8.04. The molecule has 0 fully saturated rings. The van der Waals surface area contributed by atoms with E-state index in [1.54, 1.807) is 0 Å². The zero-order valence-electron chi connectivity index (χ0n) is 21.9. The smallest absolute Gasteiger partial charge is 0.164 e. The van der Waals surface area contributed by atoms with Crippen LogP contribution in [-0.2, 0) is 0 Å². The van der Waals surface area contributed by atoms with Gasteiger partial charge in [0.1, 0.15) is 11.2 Å². The van der Waals surface area contributed by atoms with E-state index in [0.29, 0.717) is 17.5 Å². The first-order valence-corrected chi connectivity index (χ1v) is 13.7. The van der Waals surface area contributed by atoms with Crippen molar-refractivity contribution in [2.24, 2.45) is 0 Å². The van der Waals surface area contributed by atoms with E-state index >= 15 is 0 Å². The highest BCUT2D eigenvalue weighted by atomic mass is 16.3. The Morgan fingerprint density at radius 1 is 0.366 bits per heavy atom. The van der Waals surface area contributed by atoms with E-state index in [2.05, 4.69) is 66.7 Å². The number of furan rings is 1. The molecule has 4 heteroatoms. The molecule has 0 radical (unpaired) electrons. The summed E-state index contributed by atoms with van der Waals surface area (Å²) >= 11 is 0. The molecule has 0 saturated carbocycles. The number of nitrogens with zero attached hydrogens (tertiary/aromatic N) is 3. The highest BCUT2D eigenvalue weighted by Crippen LogP contribution is 2.45. The van der Waals surface area contributed by atoms with Crippen LogP contribution < -0.4 is 0 Å². The van der Waals surface area contributed by atoms with Crippen LogP contribution in [0.4, 0.5) is 0 Å². The zero-order valence-corrected chi connectivity index (χ0v) is 21.9. The van der Waals surface area contributed by atoms with Gasteiger partial charge < -0.3 is 4.42 Å². The average Bonchev–Trinajstić information content (AvgIpc) is 3.43. The lowest BCUT2D eigenvalue weighted by Crippen LogP contribution is -2.00. The van der Waals surface area contributed by atoms with Crippen molar-refractivity contribution in [2.75, 3.05) is 0 Å². The Balaban J connectivity index is 1.41. The van der Waals surface area contributed by atoms with E-state index in [1.807, 2.05) is 60.7 Å². The van der Waals surface area contributed by atoms with Crippen LogP contribution in [0.1, 0.15) is 0 Å². The molecule has 0 aliphatic carbocycles. The van der Waals surface area contributed by atoms with Gasteiger partial charge in [0.2, 0.25) is 0 Å². The summed E-state index contributed by atoms with van der Waals surface area (Å²) in [4.78, 5) is 14.9. The van der Waals surface area contributed by atoms with E-state index in [4.69, 9.17) is 19.4 Å². The summed E-state index contributed by atoms with van der Waals surface area (Å²) in [7, 11) is 0. The van der Waals surface area contributed by atoms with Crippen LogP contribution in [0.5, 0.6) is 0 Å². The molecule has 0 bridgehead atoms. The van der Waals surface area contributed by atoms with Gasteiger partial charge in [-0.05, 0) is 50.5 Å². The highest BCUT2D eigenvalue weighted by molar-refractivity contribution is 6.37. The van der Waals surface area contributed by atoms with Crippen LogP contribution in [-0.4, -0.2) is 15.0 Å². The topological polar surface area (TPSA) is 51.8 Å². The minimum atomic E-state index is 0.615. The van der Waals surface area contributed by atoms with Gasteiger partial charge in [0.05, 0.1) is 0 Å². The number of benzene rings is 7. The molecular weight excluding hydrogens is 502 g/mol. The van der Waals surface area contributed by atoms with Gasteiger partial charge in [0.25, 0.3) is 0 Å². The molecule has 0 aliphatic rings. The molecule has 2 heterocycles. The summed E-state index contributed by atoms with van der Waals surface area (Å²) in [6.07, 6.45) is 0. The number of hydrogen-bond acceptors (Lipinski definition) is 4. The van der Waals surface area contributed by atoms with E-state index in [1.165, 1.54) is 26.9 Å². The lowest BCUT2D eigenvalue weighted by atomic mass is 9.90. The molecule has 0 saturated heterocycles. The second kappa shape index (κ2) is 8.44. The molecule has 0 atom stereocenters. The van der Waals surface area contributed by atoms with Crippen LogP contribution >= 0.6 is 0 Å². The largest absolute Gasteiger partial charge is 0.456 e. The predicted octanol–water partition coefficient (Wildman–Crippen LogP) is 9.67. The van der Waals surface area contributed by atoms with Crippen molar-refractivity contribution in [1.29, 1.82) is 0 Å². The van der Waals surface area contributed by atoms with Gasteiger partial charge in [-0.15, -0.1) is 0 Å². The van der Waals surface area contributed by atoms with Gasteiger partial charge >= 0.3 is 0 Å². The normalized spacial score (nSPS) is 11.9. The van der Waals surface area contributed by atoms with Crippen molar-refractivity contribution >= 4 is 54.3 Å². The van der Waals surface area contributed by atoms with Gasteiger partial charge in [-0.1, -0.05) is 109 Å². The first-order chi connectivity index (χ1) is 20.3. The first kappa shape index (κ1) is 22.2. The molecule has 9 aromatic rings. The Kier molecular flexibility index (Phi) is 4.58. The summed E-state index contributed by atoms with van der Waals surface area (Å²) in [6, 6.07) is 43.8. The van der Waals surface area contributed by atoms with Crippen LogP contribution in [0.15, 0.2) is 132 Å². The molecule has 4 nitrogen and oxygen atoms in total. The Morgan fingerprint density at radius 2 is 0.951 bits per heavy atom. The van der Waals surface area contributed by atoms with Crippen LogP contribution in [0.3, 0.4) is 0 Å². The fourth-order valence-corrected chi connectivity index (χ4v) is 6.22. The highest BCUT2D eigenvalue weighted by Gasteiger charge is 2.21. The quantitative estimate of drug-likeness (QED) is 0.216. The molecule has 41 heavy (non-hydrogen) atoms. The number of hydrogen-bond donors (Lipinski definition) is 0. The van der Waals surface area contributed by atoms with Crippen molar-refractivity contribution in [3.63, 3.8) is 0 Å². The van der Waals surface area contributed by atoms with Crippen LogP contribution in [0, 0.1) is 0 Å². The lowest BCUT2D eigenvalue weighted by Gasteiger charge is -2.13. The molecular formula is C37H21N3O. The standard InChI is InChI=1S/C37H21N3O/c1-3-11-23(12-4-1)35-38-36(24-13-5-2-6-14-24)40-37(39-35)25-20-29-32-26-15-8-7-10-22(26)18-19-28(32)27-16-9-17-30-33(27)34(29)31(21-25)41-30/h1-21H. The number of fused-ring (bicyclic) bond motifs is 5. The van der Waals surface area contributed by atoms with Gasteiger partial charge in [0, 0.05) is 27.5 Å². The lowest BCUT2D eigenvalue weighted by molar-refractivity contribution is 0.669. The van der Waals surface area contributed by atoms with Crippen molar-refractivity contribution in [3.05, 3.63) is 127 Å². The Labute approximate surface area is 234 Å². The maximum atomic E-state index is 6.52.